The number of nitrogens with zero attached hydrogens (tertiary/aromatic N) is 2. The average Bonchev–Trinajstić information content (AvgIpc) is 2.41. The lowest BCUT2D eigenvalue weighted by Crippen LogP contribution is -2.15. The Balaban J connectivity index is 2.67. The van der Waals surface area contributed by atoms with Gasteiger partial charge in [-0.1, -0.05) is 20.8 Å². The van der Waals surface area contributed by atoms with Gasteiger partial charge in [0.15, 0.2) is 5.65 Å². The van der Waals surface area contributed by atoms with Crippen molar-refractivity contribution in [3.63, 3.8) is 0 Å². The van der Waals surface area contributed by atoms with Crippen LogP contribution in [0.2, 0.25) is 0 Å². The van der Waals surface area contributed by atoms with Crippen molar-refractivity contribution in [1.29, 1.82) is 0 Å². The van der Waals surface area contributed by atoms with Crippen LogP contribution in [-0.2, 0) is 5.41 Å². The van der Waals surface area contributed by atoms with E-state index in [9.17, 15) is 4.79 Å². The third-order valence-electron chi connectivity index (χ3n) is 1.94. The molecule has 0 atom stereocenters. The molecule has 0 fully saturated rings. The quantitative estimate of drug-likeness (QED) is 0.652. The molecule has 0 aromatic carbocycles. The number of aromatic amines is 2. The van der Waals surface area contributed by atoms with Gasteiger partial charge in [0.05, 0.1) is 6.20 Å². The summed E-state index contributed by atoms with van der Waals surface area (Å²) < 4.78 is 0. The van der Waals surface area contributed by atoms with Gasteiger partial charge in [-0.05, 0) is 0 Å². The molecule has 74 valence electrons. The van der Waals surface area contributed by atoms with E-state index in [1.807, 2.05) is 20.8 Å². The molecule has 0 radical (unpaired) electrons. The molecule has 0 unspecified atom stereocenters. The van der Waals surface area contributed by atoms with E-state index in [1.165, 1.54) is 0 Å². The van der Waals surface area contributed by atoms with Gasteiger partial charge in [0.25, 0.3) is 0 Å². The van der Waals surface area contributed by atoms with E-state index in [-0.39, 0.29) is 11.1 Å². The number of fused-ring (bicyclic) bond motifs is 1. The van der Waals surface area contributed by atoms with Gasteiger partial charge in [-0.25, -0.2) is 14.8 Å². The first-order valence-corrected chi connectivity index (χ1v) is 4.42. The molecule has 2 N–H and O–H groups in total. The minimum absolute atomic E-state index is 0.109. The Bertz CT molecular complexity index is 517. The first-order chi connectivity index (χ1) is 6.47. The molecule has 0 aliphatic heterocycles. The predicted molar refractivity (Wildman–Crippen MR) is 53.2 cm³/mol. The molecular formula is C9H12N4O. The van der Waals surface area contributed by atoms with Gasteiger partial charge in [-0.3, -0.25) is 4.98 Å². The predicted octanol–water partition coefficient (Wildman–Crippen LogP) is 0.944. The Morgan fingerprint density at radius 2 is 2.00 bits per heavy atom. The molecule has 0 spiro atoms. The smallest absolute Gasteiger partial charge is 0.303 e. The fourth-order valence-corrected chi connectivity index (χ4v) is 1.19. The van der Waals surface area contributed by atoms with Crippen LogP contribution in [0, 0.1) is 0 Å². The minimum Gasteiger partial charge on any atom is -0.303 e. The molecule has 0 saturated heterocycles. The lowest BCUT2D eigenvalue weighted by atomic mass is 9.96. The Kier molecular flexibility index (Phi) is 1.70. The molecule has 0 aliphatic carbocycles. The summed E-state index contributed by atoms with van der Waals surface area (Å²) in [6.45, 7) is 6.08. The highest BCUT2D eigenvalue weighted by atomic mass is 16.1. The molecule has 0 bridgehead atoms. The van der Waals surface area contributed by atoms with Gasteiger partial charge in [-0.15, -0.1) is 0 Å². The van der Waals surface area contributed by atoms with Crippen LogP contribution in [-0.4, -0.2) is 19.9 Å². The molecule has 2 rings (SSSR count). The summed E-state index contributed by atoms with van der Waals surface area (Å²) in [7, 11) is 0. The maximum Gasteiger partial charge on any atom is 0.325 e. The second kappa shape index (κ2) is 2.67. The average molecular weight is 192 g/mol. The van der Waals surface area contributed by atoms with Crippen molar-refractivity contribution < 1.29 is 0 Å². The second-order valence-corrected chi connectivity index (χ2v) is 4.29. The molecule has 0 saturated carbocycles. The van der Waals surface area contributed by atoms with Crippen LogP contribution in [0.25, 0.3) is 11.2 Å². The highest BCUT2D eigenvalue weighted by Gasteiger charge is 2.17. The summed E-state index contributed by atoms with van der Waals surface area (Å²) in [6, 6.07) is 0. The molecular weight excluding hydrogens is 180 g/mol. The van der Waals surface area contributed by atoms with Crippen molar-refractivity contribution in [3.05, 3.63) is 22.5 Å². The van der Waals surface area contributed by atoms with E-state index in [4.69, 9.17) is 0 Å². The van der Waals surface area contributed by atoms with Crippen molar-refractivity contribution in [2.45, 2.75) is 26.2 Å². The first-order valence-electron chi connectivity index (χ1n) is 4.42. The van der Waals surface area contributed by atoms with Gasteiger partial charge in [0, 0.05) is 5.41 Å². The van der Waals surface area contributed by atoms with E-state index in [0.29, 0.717) is 11.2 Å². The van der Waals surface area contributed by atoms with E-state index in [2.05, 4.69) is 19.9 Å². The fourth-order valence-electron chi connectivity index (χ4n) is 1.19. The molecule has 2 aromatic rings. The Hall–Kier alpha value is -1.65. The van der Waals surface area contributed by atoms with Crippen LogP contribution in [0.15, 0.2) is 11.0 Å². The van der Waals surface area contributed by atoms with Crippen molar-refractivity contribution in [3.8, 4) is 0 Å². The number of rotatable bonds is 0. The summed E-state index contributed by atoms with van der Waals surface area (Å²) in [5.41, 5.74) is 0.848. The normalized spacial score (nSPS) is 12.2. The third-order valence-corrected chi connectivity index (χ3v) is 1.94. The van der Waals surface area contributed by atoms with Crippen molar-refractivity contribution in [2.75, 3.05) is 0 Å². The minimum atomic E-state index is -0.250. The number of hydrogen-bond donors (Lipinski definition) is 2. The first kappa shape index (κ1) is 8.93. The SMILES string of the molecule is CC(C)(C)c1ncc2[nH]c(=O)[nH]c2n1. The van der Waals surface area contributed by atoms with Crippen LogP contribution < -0.4 is 5.69 Å². The molecule has 2 aromatic heterocycles. The Morgan fingerprint density at radius 3 is 2.64 bits per heavy atom. The van der Waals surface area contributed by atoms with Gasteiger partial charge in [-0.2, -0.15) is 0 Å². The van der Waals surface area contributed by atoms with Crippen molar-refractivity contribution >= 4 is 11.2 Å². The highest BCUT2D eigenvalue weighted by Crippen LogP contribution is 2.18. The number of imidazole rings is 1. The molecule has 5 heteroatoms. The topological polar surface area (TPSA) is 74.4 Å². The lowest BCUT2D eigenvalue weighted by molar-refractivity contribution is 0.548. The lowest BCUT2D eigenvalue weighted by Gasteiger charge is -2.15. The van der Waals surface area contributed by atoms with E-state index in [1.54, 1.807) is 6.20 Å². The summed E-state index contributed by atoms with van der Waals surface area (Å²) in [4.78, 5) is 24.6. The van der Waals surface area contributed by atoms with Gasteiger partial charge < -0.3 is 4.98 Å². The van der Waals surface area contributed by atoms with E-state index < -0.39 is 0 Å². The Labute approximate surface area is 80.6 Å². The third kappa shape index (κ3) is 1.41. The molecule has 0 aliphatic rings. The molecule has 2 heterocycles. The van der Waals surface area contributed by atoms with Gasteiger partial charge in [0.2, 0.25) is 0 Å². The molecule has 5 nitrogen and oxygen atoms in total. The zero-order valence-electron chi connectivity index (χ0n) is 8.38. The van der Waals surface area contributed by atoms with E-state index in [0.717, 1.165) is 5.82 Å². The van der Waals surface area contributed by atoms with Crippen LogP contribution in [0.5, 0.6) is 0 Å². The van der Waals surface area contributed by atoms with E-state index >= 15 is 0 Å². The number of nitrogens with one attached hydrogen (secondary N) is 2. The van der Waals surface area contributed by atoms with Crippen LogP contribution in [0.3, 0.4) is 0 Å². The maximum atomic E-state index is 11.0. The summed E-state index contributed by atoms with van der Waals surface area (Å²) in [5, 5.41) is 0. The summed E-state index contributed by atoms with van der Waals surface area (Å²) in [6.07, 6.45) is 1.63. The highest BCUT2D eigenvalue weighted by molar-refractivity contribution is 5.68. The maximum absolute atomic E-state index is 11.0. The standard InChI is InChI=1S/C9H12N4O/c1-9(2,3)7-10-4-5-6(12-7)13-8(14)11-5/h4H,1-3H3,(H2,10,11,12,13,14). The second-order valence-electron chi connectivity index (χ2n) is 4.29. The van der Waals surface area contributed by atoms with Crippen molar-refractivity contribution in [2.24, 2.45) is 0 Å². The zero-order valence-corrected chi connectivity index (χ0v) is 8.38. The number of H-pyrrole nitrogens is 2. The zero-order chi connectivity index (χ0) is 10.3. The van der Waals surface area contributed by atoms with Gasteiger partial charge >= 0.3 is 5.69 Å². The number of hydrogen-bond acceptors (Lipinski definition) is 3. The molecule has 0 amide bonds. The summed E-state index contributed by atoms with van der Waals surface area (Å²) in [5.74, 6) is 0.722. The largest absolute Gasteiger partial charge is 0.325 e. The van der Waals surface area contributed by atoms with Crippen LogP contribution >= 0.6 is 0 Å². The monoisotopic (exact) mass is 192 g/mol. The Morgan fingerprint density at radius 1 is 1.29 bits per heavy atom. The summed E-state index contributed by atoms with van der Waals surface area (Å²) >= 11 is 0. The van der Waals surface area contributed by atoms with Crippen molar-refractivity contribution in [1.82, 2.24) is 19.9 Å². The van der Waals surface area contributed by atoms with Crippen LogP contribution in [0.1, 0.15) is 26.6 Å². The fraction of sp³-hybridized carbons (Fsp3) is 0.444. The number of aromatic nitrogens is 4. The van der Waals surface area contributed by atoms with Gasteiger partial charge in [0.1, 0.15) is 11.3 Å². The molecule has 14 heavy (non-hydrogen) atoms. The van der Waals surface area contributed by atoms with Crippen LogP contribution in [0.4, 0.5) is 0 Å².